The van der Waals surface area contributed by atoms with Gasteiger partial charge < -0.3 is 20.8 Å². The molecule has 0 atom stereocenters. The van der Waals surface area contributed by atoms with Gasteiger partial charge in [-0.1, -0.05) is 24.3 Å². The van der Waals surface area contributed by atoms with Gasteiger partial charge in [-0.05, 0) is 47.9 Å². The Balaban J connectivity index is 2.05. The number of anilines is 2. The molecule has 0 aromatic heterocycles. The molecule has 3 aromatic carbocycles. The topological polar surface area (TPSA) is 64.5 Å². The van der Waals surface area contributed by atoms with Crippen LogP contribution in [0.3, 0.4) is 0 Å². The third-order valence-corrected chi connectivity index (χ3v) is 4.18. The van der Waals surface area contributed by atoms with Crippen LogP contribution in [0.4, 0.5) is 11.4 Å². The number of fused-ring (bicyclic) bond motifs is 2. The number of benzene rings is 3. The molecule has 0 aliphatic carbocycles. The van der Waals surface area contributed by atoms with Gasteiger partial charge in [-0.2, -0.15) is 0 Å². The lowest BCUT2D eigenvalue weighted by atomic mass is 10.0. The van der Waals surface area contributed by atoms with Crippen LogP contribution in [0.25, 0.3) is 21.5 Å². The summed E-state index contributed by atoms with van der Waals surface area (Å²) in [5.41, 5.74) is 2.16. The van der Waals surface area contributed by atoms with Crippen LogP contribution in [0.1, 0.15) is 12.8 Å². The predicted molar refractivity (Wildman–Crippen MR) is 102 cm³/mol. The molecule has 3 rings (SSSR count). The second kappa shape index (κ2) is 7.99. The van der Waals surface area contributed by atoms with E-state index in [1.807, 2.05) is 0 Å². The summed E-state index contributed by atoms with van der Waals surface area (Å²) in [6.07, 6.45) is 1.46. The van der Waals surface area contributed by atoms with Gasteiger partial charge in [-0.3, -0.25) is 0 Å². The van der Waals surface area contributed by atoms with Crippen LogP contribution in [0.2, 0.25) is 0 Å². The zero-order valence-corrected chi connectivity index (χ0v) is 13.8. The monoisotopic (exact) mass is 324 g/mol. The molecule has 4 nitrogen and oxygen atoms in total. The molecule has 0 aliphatic heterocycles. The maximum Gasteiger partial charge on any atom is 0.0447 e. The smallest absolute Gasteiger partial charge is 0.0447 e. The summed E-state index contributed by atoms with van der Waals surface area (Å²) in [5.74, 6) is 0. The third kappa shape index (κ3) is 3.61. The van der Waals surface area contributed by atoms with E-state index in [1.165, 1.54) is 21.5 Å². The van der Waals surface area contributed by atoms with Crippen LogP contribution in [0.5, 0.6) is 0 Å². The maximum atomic E-state index is 8.99. The molecule has 4 heteroatoms. The van der Waals surface area contributed by atoms with E-state index in [1.54, 1.807) is 0 Å². The van der Waals surface area contributed by atoms with Gasteiger partial charge in [0.05, 0.1) is 0 Å². The highest BCUT2D eigenvalue weighted by molar-refractivity contribution is 6.08. The Bertz CT molecular complexity index is 749. The highest BCUT2D eigenvalue weighted by Gasteiger charge is 2.08. The van der Waals surface area contributed by atoms with Gasteiger partial charge in [0.1, 0.15) is 0 Å². The lowest BCUT2D eigenvalue weighted by molar-refractivity contribution is 0.292. The molecule has 24 heavy (non-hydrogen) atoms. The normalized spacial score (nSPS) is 11.1. The molecule has 0 saturated heterocycles. The van der Waals surface area contributed by atoms with Gasteiger partial charge in [0, 0.05) is 48.5 Å². The predicted octanol–water partition coefficient (Wildman–Crippen LogP) is 3.58. The van der Waals surface area contributed by atoms with E-state index in [0.29, 0.717) is 0 Å². The van der Waals surface area contributed by atoms with Gasteiger partial charge in [0.25, 0.3) is 0 Å². The fraction of sp³-hybridized carbons (Fsp3) is 0.300. The van der Waals surface area contributed by atoms with Crippen LogP contribution in [0.15, 0.2) is 48.5 Å². The Labute approximate surface area is 142 Å². The van der Waals surface area contributed by atoms with Crippen LogP contribution < -0.4 is 10.6 Å². The van der Waals surface area contributed by atoms with Crippen LogP contribution in [-0.4, -0.2) is 36.5 Å². The number of rotatable bonds is 8. The lowest BCUT2D eigenvalue weighted by Gasteiger charge is -2.15. The van der Waals surface area contributed by atoms with Gasteiger partial charge in [0.2, 0.25) is 0 Å². The van der Waals surface area contributed by atoms with Crippen molar-refractivity contribution in [3.05, 3.63) is 48.5 Å². The first-order valence-electron chi connectivity index (χ1n) is 8.48. The second-order valence-corrected chi connectivity index (χ2v) is 5.91. The van der Waals surface area contributed by atoms with E-state index in [0.717, 1.165) is 37.3 Å². The minimum atomic E-state index is 0.189. The van der Waals surface area contributed by atoms with E-state index in [9.17, 15) is 0 Å². The van der Waals surface area contributed by atoms with E-state index >= 15 is 0 Å². The van der Waals surface area contributed by atoms with Crippen molar-refractivity contribution in [1.82, 2.24) is 0 Å². The molecule has 0 radical (unpaired) electrons. The van der Waals surface area contributed by atoms with E-state index in [2.05, 4.69) is 59.2 Å². The summed E-state index contributed by atoms with van der Waals surface area (Å²) in [5, 5.41) is 29.6. The molecule has 0 saturated carbocycles. The summed E-state index contributed by atoms with van der Waals surface area (Å²) >= 11 is 0. The number of hydrogen-bond acceptors (Lipinski definition) is 4. The van der Waals surface area contributed by atoms with Crippen molar-refractivity contribution in [1.29, 1.82) is 0 Å². The van der Waals surface area contributed by atoms with Gasteiger partial charge in [-0.15, -0.1) is 0 Å². The number of aliphatic hydroxyl groups excluding tert-OH is 2. The van der Waals surface area contributed by atoms with Gasteiger partial charge in [0.15, 0.2) is 0 Å². The fourth-order valence-electron chi connectivity index (χ4n) is 2.94. The first-order valence-corrected chi connectivity index (χ1v) is 8.48. The fourth-order valence-corrected chi connectivity index (χ4v) is 2.94. The van der Waals surface area contributed by atoms with Crippen molar-refractivity contribution >= 4 is 32.9 Å². The zero-order chi connectivity index (χ0) is 16.8. The first-order chi connectivity index (χ1) is 11.8. The Hall–Kier alpha value is -2.30. The number of nitrogens with one attached hydrogen (secondary N) is 2. The molecule has 0 amide bonds. The van der Waals surface area contributed by atoms with Crippen molar-refractivity contribution in [3.63, 3.8) is 0 Å². The van der Waals surface area contributed by atoms with Crippen molar-refractivity contribution in [2.24, 2.45) is 0 Å². The highest BCUT2D eigenvalue weighted by atomic mass is 16.3. The number of aliphatic hydroxyl groups is 2. The molecular formula is C20H24N2O2. The molecular weight excluding hydrogens is 300 g/mol. The van der Waals surface area contributed by atoms with Crippen molar-refractivity contribution < 1.29 is 10.2 Å². The lowest BCUT2D eigenvalue weighted by Crippen LogP contribution is -2.06. The zero-order valence-electron chi connectivity index (χ0n) is 13.8. The largest absolute Gasteiger partial charge is 0.396 e. The minimum absolute atomic E-state index is 0.189. The molecule has 4 N–H and O–H groups in total. The van der Waals surface area contributed by atoms with Crippen molar-refractivity contribution in [2.75, 3.05) is 36.9 Å². The molecule has 0 heterocycles. The SMILES string of the molecule is OCCCNc1ccc(NCCCO)c2cc3ccccc3cc12. The van der Waals surface area contributed by atoms with E-state index < -0.39 is 0 Å². The van der Waals surface area contributed by atoms with Crippen molar-refractivity contribution in [3.8, 4) is 0 Å². The molecule has 126 valence electrons. The van der Waals surface area contributed by atoms with Crippen molar-refractivity contribution in [2.45, 2.75) is 12.8 Å². The Kier molecular flexibility index (Phi) is 5.51. The summed E-state index contributed by atoms with van der Waals surface area (Å²) in [4.78, 5) is 0. The highest BCUT2D eigenvalue weighted by Crippen LogP contribution is 2.33. The molecule has 3 aromatic rings. The molecule has 0 bridgehead atoms. The molecule has 0 fully saturated rings. The summed E-state index contributed by atoms with van der Waals surface area (Å²) in [7, 11) is 0. The van der Waals surface area contributed by atoms with Gasteiger partial charge >= 0.3 is 0 Å². The Morgan fingerprint density at radius 3 is 1.54 bits per heavy atom. The molecule has 0 aliphatic rings. The second-order valence-electron chi connectivity index (χ2n) is 5.91. The summed E-state index contributed by atoms with van der Waals surface area (Å²) < 4.78 is 0. The average Bonchev–Trinajstić information content (AvgIpc) is 2.62. The quantitative estimate of drug-likeness (QED) is 0.378. The summed E-state index contributed by atoms with van der Waals surface area (Å²) in [6, 6.07) is 16.9. The molecule has 0 spiro atoms. The summed E-state index contributed by atoms with van der Waals surface area (Å²) in [6.45, 7) is 1.87. The van der Waals surface area contributed by atoms with Crippen LogP contribution >= 0.6 is 0 Å². The van der Waals surface area contributed by atoms with Crippen LogP contribution in [-0.2, 0) is 0 Å². The van der Waals surface area contributed by atoms with Crippen LogP contribution in [0, 0.1) is 0 Å². The van der Waals surface area contributed by atoms with E-state index in [4.69, 9.17) is 10.2 Å². The number of hydrogen-bond donors (Lipinski definition) is 4. The third-order valence-electron chi connectivity index (χ3n) is 4.18. The minimum Gasteiger partial charge on any atom is -0.396 e. The average molecular weight is 324 g/mol. The molecule has 0 unspecified atom stereocenters. The Morgan fingerprint density at radius 2 is 1.12 bits per heavy atom. The Morgan fingerprint density at radius 1 is 0.667 bits per heavy atom. The first kappa shape index (κ1) is 16.6. The van der Waals surface area contributed by atoms with Gasteiger partial charge in [-0.25, -0.2) is 0 Å². The standard InChI is InChI=1S/C20H24N2O2/c23-11-3-9-21-19-7-8-20(22-10-4-12-24)18-14-16-6-2-1-5-15(16)13-17(18)19/h1-2,5-8,13-14,21-24H,3-4,9-12H2. The maximum absolute atomic E-state index is 8.99. The van der Waals surface area contributed by atoms with E-state index in [-0.39, 0.29) is 13.2 Å².